The number of rotatable bonds is 3. The summed E-state index contributed by atoms with van der Waals surface area (Å²) in [5.41, 5.74) is 0.489. The lowest BCUT2D eigenvalue weighted by molar-refractivity contribution is 0.0617. The molecule has 3 rings (SSSR count). The molecule has 1 aliphatic rings. The molecule has 0 amide bonds. The van der Waals surface area contributed by atoms with Gasteiger partial charge in [0.05, 0.1) is 6.42 Å². The smallest absolute Gasteiger partial charge is 0.339 e. The van der Waals surface area contributed by atoms with Crippen molar-refractivity contribution in [1.82, 2.24) is 0 Å². The topological polar surface area (TPSA) is 69.7 Å². The minimum absolute atomic E-state index is 0.00595. The van der Waals surface area contributed by atoms with Gasteiger partial charge in [0.25, 0.3) is 0 Å². The molecule has 24 heavy (non-hydrogen) atoms. The van der Waals surface area contributed by atoms with E-state index in [0.717, 1.165) is 5.56 Å². The summed E-state index contributed by atoms with van der Waals surface area (Å²) in [5, 5.41) is 0. The fraction of sp³-hybridized carbons (Fsp3) is 0.278. The molecule has 0 saturated heterocycles. The Morgan fingerprint density at radius 1 is 1.08 bits per heavy atom. The van der Waals surface area contributed by atoms with Crippen LogP contribution in [0.15, 0.2) is 47.4 Å². The molecule has 0 fully saturated rings. The summed E-state index contributed by atoms with van der Waals surface area (Å²) in [6.07, 6.45) is 0.158. The first kappa shape index (κ1) is 16.5. The molecule has 0 aromatic heterocycles. The fourth-order valence-electron chi connectivity index (χ4n) is 2.62. The van der Waals surface area contributed by atoms with E-state index in [9.17, 15) is 13.2 Å². The SMILES string of the molecule is Cc1ccc(S(=O)(=O)Oc2cccc3c2C(=O)CC(C)(C)O3)cc1. The average molecular weight is 346 g/mol. The van der Waals surface area contributed by atoms with Crippen LogP contribution in [-0.4, -0.2) is 19.8 Å². The zero-order valence-electron chi connectivity index (χ0n) is 13.7. The van der Waals surface area contributed by atoms with Gasteiger partial charge in [-0.05, 0) is 45.0 Å². The molecular weight excluding hydrogens is 328 g/mol. The van der Waals surface area contributed by atoms with Crippen molar-refractivity contribution >= 4 is 15.9 Å². The van der Waals surface area contributed by atoms with E-state index in [1.165, 1.54) is 18.2 Å². The van der Waals surface area contributed by atoms with E-state index in [4.69, 9.17) is 8.92 Å². The van der Waals surface area contributed by atoms with Gasteiger partial charge in [0.1, 0.15) is 21.8 Å². The van der Waals surface area contributed by atoms with E-state index in [2.05, 4.69) is 0 Å². The second kappa shape index (κ2) is 5.63. The first-order valence-electron chi connectivity index (χ1n) is 7.54. The Morgan fingerprint density at radius 2 is 1.75 bits per heavy atom. The molecule has 2 aromatic rings. The van der Waals surface area contributed by atoms with Gasteiger partial charge in [0.15, 0.2) is 11.5 Å². The van der Waals surface area contributed by atoms with Crippen molar-refractivity contribution < 1.29 is 22.1 Å². The number of ketones is 1. The second-order valence-electron chi connectivity index (χ2n) is 6.44. The van der Waals surface area contributed by atoms with Crippen LogP contribution >= 0.6 is 0 Å². The van der Waals surface area contributed by atoms with Crippen LogP contribution in [-0.2, 0) is 10.1 Å². The molecule has 6 heteroatoms. The molecule has 5 nitrogen and oxygen atoms in total. The van der Waals surface area contributed by atoms with Crippen molar-refractivity contribution in [2.75, 3.05) is 0 Å². The third-order valence-electron chi connectivity index (χ3n) is 3.75. The summed E-state index contributed by atoms with van der Waals surface area (Å²) in [7, 11) is -4.02. The van der Waals surface area contributed by atoms with Crippen LogP contribution in [0.4, 0.5) is 0 Å². The van der Waals surface area contributed by atoms with Crippen LogP contribution in [0.1, 0.15) is 36.2 Å². The Balaban J connectivity index is 2.00. The summed E-state index contributed by atoms with van der Waals surface area (Å²) in [4.78, 5) is 12.5. The number of aryl methyl sites for hydroxylation is 1. The molecule has 0 saturated carbocycles. The van der Waals surface area contributed by atoms with Crippen molar-refractivity contribution in [1.29, 1.82) is 0 Å². The normalized spacial score (nSPS) is 16.2. The molecule has 0 spiro atoms. The molecular formula is C18H18O5S. The number of fused-ring (bicyclic) bond motifs is 1. The highest BCUT2D eigenvalue weighted by Gasteiger charge is 2.35. The van der Waals surface area contributed by atoms with E-state index < -0.39 is 15.7 Å². The Kier molecular flexibility index (Phi) is 3.87. The zero-order chi connectivity index (χ0) is 17.5. The van der Waals surface area contributed by atoms with Gasteiger partial charge in [0.2, 0.25) is 0 Å². The Bertz CT molecular complexity index is 896. The maximum Gasteiger partial charge on any atom is 0.339 e. The molecule has 1 heterocycles. The van der Waals surface area contributed by atoms with Gasteiger partial charge in [-0.25, -0.2) is 0 Å². The van der Waals surface area contributed by atoms with Crippen molar-refractivity contribution in [3.63, 3.8) is 0 Å². The highest BCUT2D eigenvalue weighted by Crippen LogP contribution is 2.39. The van der Waals surface area contributed by atoms with E-state index in [1.807, 2.05) is 20.8 Å². The molecule has 1 aliphatic heterocycles. The summed E-state index contributed by atoms with van der Waals surface area (Å²) in [6, 6.07) is 11.0. The monoisotopic (exact) mass is 346 g/mol. The Hall–Kier alpha value is -2.34. The van der Waals surface area contributed by atoms with Crippen molar-refractivity contribution in [2.24, 2.45) is 0 Å². The quantitative estimate of drug-likeness (QED) is 0.796. The third kappa shape index (κ3) is 3.14. The first-order chi connectivity index (χ1) is 11.2. The van der Waals surface area contributed by atoms with E-state index >= 15 is 0 Å². The lowest BCUT2D eigenvalue weighted by Gasteiger charge is -2.32. The summed E-state index contributed by atoms with van der Waals surface area (Å²) < 4.78 is 35.9. The molecule has 0 aliphatic carbocycles. The minimum atomic E-state index is -4.02. The molecule has 0 bridgehead atoms. The second-order valence-corrected chi connectivity index (χ2v) is 7.99. The lowest BCUT2D eigenvalue weighted by Crippen LogP contribution is -2.36. The highest BCUT2D eigenvalue weighted by molar-refractivity contribution is 7.87. The van der Waals surface area contributed by atoms with E-state index in [1.54, 1.807) is 24.3 Å². The Labute approximate surface area is 141 Å². The molecule has 0 radical (unpaired) electrons. The van der Waals surface area contributed by atoms with Gasteiger partial charge in [-0.3, -0.25) is 4.79 Å². The number of carbonyl (C=O) groups excluding carboxylic acids is 1. The van der Waals surface area contributed by atoms with E-state index in [-0.39, 0.29) is 28.4 Å². The number of Topliss-reactive ketones (excluding diaryl/α,β-unsaturated/α-hetero) is 1. The third-order valence-corrected chi connectivity index (χ3v) is 5.00. The van der Waals surface area contributed by atoms with Gasteiger partial charge in [-0.1, -0.05) is 23.8 Å². The molecule has 2 aromatic carbocycles. The van der Waals surface area contributed by atoms with Gasteiger partial charge < -0.3 is 8.92 Å². The highest BCUT2D eigenvalue weighted by atomic mass is 32.2. The van der Waals surface area contributed by atoms with Crippen molar-refractivity contribution in [3.05, 3.63) is 53.6 Å². The van der Waals surface area contributed by atoms with Crippen molar-refractivity contribution in [2.45, 2.75) is 37.7 Å². The first-order valence-corrected chi connectivity index (χ1v) is 8.95. The van der Waals surface area contributed by atoms with Gasteiger partial charge in [0, 0.05) is 0 Å². The predicted molar refractivity (Wildman–Crippen MR) is 89.1 cm³/mol. The van der Waals surface area contributed by atoms with Gasteiger partial charge >= 0.3 is 10.1 Å². The Morgan fingerprint density at radius 3 is 2.42 bits per heavy atom. The maximum absolute atomic E-state index is 12.5. The van der Waals surface area contributed by atoms with Crippen LogP contribution in [0, 0.1) is 6.92 Å². The number of hydrogen-bond acceptors (Lipinski definition) is 5. The summed E-state index contributed by atoms with van der Waals surface area (Å²) in [6.45, 7) is 5.48. The molecule has 0 N–H and O–H groups in total. The van der Waals surface area contributed by atoms with Crippen LogP contribution in [0.25, 0.3) is 0 Å². The number of benzene rings is 2. The van der Waals surface area contributed by atoms with Crippen LogP contribution < -0.4 is 8.92 Å². The lowest BCUT2D eigenvalue weighted by atomic mass is 9.93. The molecule has 0 atom stereocenters. The van der Waals surface area contributed by atoms with Crippen LogP contribution in [0.5, 0.6) is 11.5 Å². The predicted octanol–water partition coefficient (Wildman–Crippen LogP) is 3.51. The van der Waals surface area contributed by atoms with Crippen molar-refractivity contribution in [3.8, 4) is 11.5 Å². The fourth-order valence-corrected chi connectivity index (χ4v) is 3.56. The maximum atomic E-state index is 12.5. The van der Waals surface area contributed by atoms with Gasteiger partial charge in [-0.2, -0.15) is 8.42 Å². The summed E-state index contributed by atoms with van der Waals surface area (Å²) >= 11 is 0. The minimum Gasteiger partial charge on any atom is -0.486 e. The number of hydrogen-bond donors (Lipinski definition) is 0. The van der Waals surface area contributed by atoms with Crippen LogP contribution in [0.2, 0.25) is 0 Å². The van der Waals surface area contributed by atoms with E-state index in [0.29, 0.717) is 5.75 Å². The summed E-state index contributed by atoms with van der Waals surface area (Å²) in [5.74, 6) is 0.136. The average Bonchev–Trinajstić information content (AvgIpc) is 2.45. The molecule has 126 valence electrons. The van der Waals surface area contributed by atoms with Crippen LogP contribution in [0.3, 0.4) is 0 Å². The number of ether oxygens (including phenoxy) is 1. The largest absolute Gasteiger partial charge is 0.486 e. The molecule has 0 unspecified atom stereocenters. The van der Waals surface area contributed by atoms with Gasteiger partial charge in [-0.15, -0.1) is 0 Å². The standard InChI is InChI=1S/C18H18O5S/c1-12-7-9-13(10-8-12)24(20,21)23-16-6-4-5-15-17(16)14(19)11-18(2,3)22-15/h4-10H,11H2,1-3H3. The zero-order valence-corrected chi connectivity index (χ0v) is 14.5. The number of carbonyl (C=O) groups is 1.